The van der Waals surface area contributed by atoms with Crippen LogP contribution in [0.3, 0.4) is 0 Å². The molecular weight excluding hydrogens is 304 g/mol. The molecule has 1 aromatic carbocycles. The van der Waals surface area contributed by atoms with Crippen molar-refractivity contribution in [3.8, 4) is 0 Å². The monoisotopic (exact) mass is 321 g/mol. The topological polar surface area (TPSA) is 72.7 Å². The van der Waals surface area contributed by atoms with Crippen LogP contribution in [0.25, 0.3) is 0 Å². The number of aromatic nitrogens is 4. The first kappa shape index (κ1) is 15.5. The van der Waals surface area contributed by atoms with Crippen molar-refractivity contribution < 1.29 is 13.6 Å². The number of benzene rings is 1. The number of carbonyl (C=O) groups excluding carboxylic acids is 1. The lowest BCUT2D eigenvalue weighted by Gasteiger charge is -2.31. The van der Waals surface area contributed by atoms with E-state index in [-0.39, 0.29) is 17.9 Å². The van der Waals surface area contributed by atoms with Crippen LogP contribution < -0.4 is 5.32 Å². The molecule has 0 spiro atoms. The van der Waals surface area contributed by atoms with E-state index in [9.17, 15) is 13.6 Å². The summed E-state index contributed by atoms with van der Waals surface area (Å²) in [5.41, 5.74) is -0.602. The Kier molecular flexibility index (Phi) is 4.31. The summed E-state index contributed by atoms with van der Waals surface area (Å²) in [7, 11) is 0. The van der Waals surface area contributed by atoms with Gasteiger partial charge in [0.05, 0.1) is 12.1 Å². The summed E-state index contributed by atoms with van der Waals surface area (Å²) >= 11 is 0. The van der Waals surface area contributed by atoms with Gasteiger partial charge in [0.2, 0.25) is 5.91 Å². The minimum Gasteiger partial charge on any atom is -0.346 e. The van der Waals surface area contributed by atoms with E-state index in [4.69, 9.17) is 0 Å². The summed E-state index contributed by atoms with van der Waals surface area (Å²) in [5, 5.41) is 13.6. The number of nitrogens with one attached hydrogen (secondary N) is 1. The van der Waals surface area contributed by atoms with Crippen LogP contribution in [0.4, 0.5) is 8.78 Å². The van der Waals surface area contributed by atoms with Gasteiger partial charge in [-0.2, -0.15) is 0 Å². The first-order valence-corrected chi connectivity index (χ1v) is 7.57. The average Bonchev–Trinajstić information content (AvgIpc) is 3.20. The number of hydrogen-bond acceptors (Lipinski definition) is 4. The Hall–Kier alpha value is -2.38. The summed E-state index contributed by atoms with van der Waals surface area (Å²) < 4.78 is 29.2. The molecule has 2 aromatic rings. The van der Waals surface area contributed by atoms with Crippen LogP contribution in [0.5, 0.6) is 0 Å². The molecular formula is C15H17F2N5O. The molecule has 0 saturated heterocycles. The summed E-state index contributed by atoms with van der Waals surface area (Å²) in [6, 6.07) is 4.10. The quantitative estimate of drug-likeness (QED) is 0.913. The normalized spacial score (nSPS) is 16.4. The van der Waals surface area contributed by atoms with Gasteiger partial charge in [-0.3, -0.25) is 4.79 Å². The van der Waals surface area contributed by atoms with E-state index >= 15 is 0 Å². The molecule has 1 fully saturated rings. The highest BCUT2D eigenvalue weighted by atomic mass is 19.2. The fourth-order valence-electron chi connectivity index (χ4n) is 3.14. The standard InChI is InChI=1S/C15H17F2N5O/c16-12-5-3-4-11(14(12)17)15(7-1-2-8-15)19-13(23)6-9-22-10-18-20-21-22/h3-5,10H,1-2,6-9H2,(H,19,23). The molecule has 0 radical (unpaired) electrons. The molecule has 1 aliphatic rings. The zero-order valence-corrected chi connectivity index (χ0v) is 12.5. The fourth-order valence-corrected chi connectivity index (χ4v) is 3.14. The SMILES string of the molecule is O=C(CCn1cnnn1)NC1(c2cccc(F)c2F)CCCC1. The number of aryl methyl sites for hydroxylation is 1. The second-order valence-electron chi connectivity index (χ2n) is 5.76. The van der Waals surface area contributed by atoms with Gasteiger partial charge in [-0.15, -0.1) is 5.10 Å². The highest BCUT2D eigenvalue weighted by Gasteiger charge is 2.39. The van der Waals surface area contributed by atoms with Crippen molar-refractivity contribution in [1.29, 1.82) is 0 Å². The van der Waals surface area contributed by atoms with Gasteiger partial charge in [0.1, 0.15) is 6.33 Å². The maximum absolute atomic E-state index is 14.2. The largest absolute Gasteiger partial charge is 0.346 e. The van der Waals surface area contributed by atoms with Crippen LogP contribution in [0.1, 0.15) is 37.7 Å². The van der Waals surface area contributed by atoms with Gasteiger partial charge in [0.15, 0.2) is 11.6 Å². The minimum absolute atomic E-state index is 0.170. The summed E-state index contributed by atoms with van der Waals surface area (Å²) in [6.07, 6.45) is 4.52. The number of amides is 1. The van der Waals surface area contributed by atoms with Crippen molar-refractivity contribution in [3.63, 3.8) is 0 Å². The molecule has 6 nitrogen and oxygen atoms in total. The molecule has 1 N–H and O–H groups in total. The molecule has 1 aromatic heterocycles. The molecule has 1 saturated carbocycles. The molecule has 1 heterocycles. The number of rotatable bonds is 5. The van der Waals surface area contributed by atoms with Crippen LogP contribution in [0, 0.1) is 11.6 Å². The lowest BCUT2D eigenvalue weighted by Crippen LogP contribution is -2.44. The lowest BCUT2D eigenvalue weighted by molar-refractivity contribution is -0.123. The van der Waals surface area contributed by atoms with E-state index in [0.29, 0.717) is 19.4 Å². The van der Waals surface area contributed by atoms with Crippen molar-refractivity contribution in [2.24, 2.45) is 0 Å². The van der Waals surface area contributed by atoms with Gasteiger partial charge in [-0.1, -0.05) is 25.0 Å². The zero-order chi connectivity index (χ0) is 16.3. The average molecular weight is 321 g/mol. The van der Waals surface area contributed by atoms with Crippen LogP contribution in [0.2, 0.25) is 0 Å². The number of halogens is 2. The first-order chi connectivity index (χ1) is 11.1. The fraction of sp³-hybridized carbons (Fsp3) is 0.467. The van der Waals surface area contributed by atoms with E-state index in [1.165, 1.54) is 17.1 Å². The van der Waals surface area contributed by atoms with E-state index in [1.807, 2.05) is 0 Å². The van der Waals surface area contributed by atoms with Gasteiger partial charge in [0, 0.05) is 12.0 Å². The third-order valence-electron chi connectivity index (χ3n) is 4.26. The zero-order valence-electron chi connectivity index (χ0n) is 12.5. The van der Waals surface area contributed by atoms with Crippen LogP contribution in [-0.4, -0.2) is 26.1 Å². The van der Waals surface area contributed by atoms with Crippen molar-refractivity contribution in [1.82, 2.24) is 25.5 Å². The molecule has 0 atom stereocenters. The first-order valence-electron chi connectivity index (χ1n) is 7.57. The molecule has 1 amide bonds. The number of tetrazole rings is 1. The van der Waals surface area contributed by atoms with Gasteiger partial charge in [0.25, 0.3) is 0 Å². The Bertz CT molecular complexity index is 683. The molecule has 8 heteroatoms. The van der Waals surface area contributed by atoms with Gasteiger partial charge in [-0.05, 0) is 29.3 Å². The molecule has 0 bridgehead atoms. The van der Waals surface area contributed by atoms with Gasteiger partial charge >= 0.3 is 0 Å². The Morgan fingerprint density at radius 2 is 2.09 bits per heavy atom. The second-order valence-corrected chi connectivity index (χ2v) is 5.76. The predicted octanol–water partition coefficient (Wildman–Crippen LogP) is 1.93. The van der Waals surface area contributed by atoms with E-state index in [2.05, 4.69) is 20.8 Å². The molecule has 1 aliphatic carbocycles. The molecule has 0 aliphatic heterocycles. The predicted molar refractivity (Wildman–Crippen MR) is 77.1 cm³/mol. The maximum Gasteiger partial charge on any atom is 0.222 e. The van der Waals surface area contributed by atoms with Crippen LogP contribution in [0.15, 0.2) is 24.5 Å². The number of nitrogens with zero attached hydrogens (tertiary/aromatic N) is 4. The van der Waals surface area contributed by atoms with Crippen molar-refractivity contribution in [2.45, 2.75) is 44.2 Å². The third kappa shape index (κ3) is 3.20. The molecule has 3 rings (SSSR count). The van der Waals surface area contributed by atoms with Crippen LogP contribution >= 0.6 is 0 Å². The Morgan fingerprint density at radius 3 is 2.78 bits per heavy atom. The summed E-state index contributed by atoms with van der Waals surface area (Å²) in [4.78, 5) is 12.3. The van der Waals surface area contributed by atoms with Crippen LogP contribution in [-0.2, 0) is 16.9 Å². The smallest absolute Gasteiger partial charge is 0.222 e. The van der Waals surface area contributed by atoms with E-state index in [1.54, 1.807) is 6.07 Å². The summed E-state index contributed by atoms with van der Waals surface area (Å²) in [6.45, 7) is 0.334. The van der Waals surface area contributed by atoms with Gasteiger partial charge in [-0.25, -0.2) is 13.5 Å². The highest BCUT2D eigenvalue weighted by Crippen LogP contribution is 2.40. The molecule has 122 valence electrons. The van der Waals surface area contributed by atoms with E-state index < -0.39 is 17.2 Å². The molecule has 23 heavy (non-hydrogen) atoms. The Labute approximate surface area is 131 Å². The van der Waals surface area contributed by atoms with Crippen molar-refractivity contribution in [3.05, 3.63) is 41.7 Å². The van der Waals surface area contributed by atoms with Gasteiger partial charge < -0.3 is 5.32 Å². The van der Waals surface area contributed by atoms with Crippen molar-refractivity contribution >= 4 is 5.91 Å². The third-order valence-corrected chi connectivity index (χ3v) is 4.26. The number of hydrogen-bond donors (Lipinski definition) is 1. The Morgan fingerprint density at radius 1 is 1.30 bits per heavy atom. The van der Waals surface area contributed by atoms with Crippen molar-refractivity contribution in [2.75, 3.05) is 0 Å². The summed E-state index contributed by atoms with van der Waals surface area (Å²) in [5.74, 6) is -2.00. The van der Waals surface area contributed by atoms with E-state index in [0.717, 1.165) is 18.9 Å². The number of carbonyl (C=O) groups is 1. The highest BCUT2D eigenvalue weighted by molar-refractivity contribution is 5.77. The lowest BCUT2D eigenvalue weighted by atomic mass is 9.87. The maximum atomic E-state index is 14.2. The molecule has 0 unspecified atom stereocenters. The second kappa shape index (κ2) is 6.39. The Balaban J connectivity index is 1.76. The minimum atomic E-state index is -0.892.